The van der Waals surface area contributed by atoms with Gasteiger partial charge in [0.25, 0.3) is 0 Å². The van der Waals surface area contributed by atoms with Crippen molar-refractivity contribution in [3.8, 4) is 10.4 Å². The number of nitrogens with zero attached hydrogens (tertiary/aromatic N) is 4. The van der Waals surface area contributed by atoms with Crippen molar-refractivity contribution in [2.75, 3.05) is 31.6 Å². The van der Waals surface area contributed by atoms with Crippen LogP contribution in [-0.4, -0.2) is 51.2 Å². The standard InChI is InChI=1S/C21H25N5OS/c1-15-12-19(24-20(23-15)17-8-5-9-26(14-17)10-11-27)25-21-22-13-18(28-21)16-6-3-2-4-7-16/h2-4,6-7,12-13,17,27H,5,8-11,14H2,1H3,(H,22,23,24,25). The number of β-amino-alcohol motifs (C(OH)–C–C–N with tert-alkyl or cyclic N) is 1. The molecule has 1 aliphatic rings. The zero-order chi connectivity index (χ0) is 19.3. The molecule has 2 aromatic heterocycles. The van der Waals surface area contributed by atoms with Crippen LogP contribution in [0.1, 0.15) is 30.3 Å². The number of hydrogen-bond donors (Lipinski definition) is 2. The van der Waals surface area contributed by atoms with E-state index in [2.05, 4.69) is 32.3 Å². The molecule has 1 fully saturated rings. The Morgan fingerprint density at radius 3 is 2.93 bits per heavy atom. The summed E-state index contributed by atoms with van der Waals surface area (Å²) in [6.45, 7) is 4.85. The molecular weight excluding hydrogens is 370 g/mol. The van der Waals surface area contributed by atoms with Crippen LogP contribution in [0.5, 0.6) is 0 Å². The highest BCUT2D eigenvalue weighted by atomic mass is 32.1. The van der Waals surface area contributed by atoms with Crippen molar-refractivity contribution in [3.05, 3.63) is 54.1 Å². The van der Waals surface area contributed by atoms with Gasteiger partial charge < -0.3 is 15.3 Å². The van der Waals surface area contributed by atoms with E-state index in [1.165, 1.54) is 5.56 Å². The number of aryl methyl sites for hydroxylation is 1. The van der Waals surface area contributed by atoms with E-state index in [1.54, 1.807) is 11.3 Å². The lowest BCUT2D eigenvalue weighted by Crippen LogP contribution is -2.36. The van der Waals surface area contributed by atoms with E-state index in [1.807, 2.05) is 37.4 Å². The quantitative estimate of drug-likeness (QED) is 0.661. The molecule has 0 radical (unpaired) electrons. The zero-order valence-electron chi connectivity index (χ0n) is 16.0. The first-order valence-corrected chi connectivity index (χ1v) is 10.5. The van der Waals surface area contributed by atoms with Gasteiger partial charge in [-0.1, -0.05) is 41.7 Å². The van der Waals surface area contributed by atoms with Crippen molar-refractivity contribution in [2.24, 2.45) is 0 Å². The van der Waals surface area contributed by atoms with E-state index in [4.69, 9.17) is 4.98 Å². The second kappa shape index (κ2) is 8.77. The van der Waals surface area contributed by atoms with Crippen molar-refractivity contribution in [2.45, 2.75) is 25.7 Å². The van der Waals surface area contributed by atoms with Crippen LogP contribution in [0.2, 0.25) is 0 Å². The summed E-state index contributed by atoms with van der Waals surface area (Å²) in [4.78, 5) is 17.4. The number of aliphatic hydroxyl groups is 1. The highest BCUT2D eigenvalue weighted by molar-refractivity contribution is 7.18. The van der Waals surface area contributed by atoms with E-state index in [-0.39, 0.29) is 6.61 Å². The third-order valence-corrected chi connectivity index (χ3v) is 5.92. The smallest absolute Gasteiger partial charge is 0.188 e. The number of anilines is 2. The average molecular weight is 396 g/mol. The number of rotatable bonds is 6. The lowest BCUT2D eigenvalue weighted by atomic mass is 9.97. The molecule has 0 amide bonds. The number of benzene rings is 1. The summed E-state index contributed by atoms with van der Waals surface area (Å²) in [6, 6.07) is 12.2. The predicted octanol–water partition coefficient (Wildman–Crippen LogP) is 3.82. The molecular formula is C21H25N5OS. The van der Waals surface area contributed by atoms with Gasteiger partial charge in [-0.25, -0.2) is 15.0 Å². The Balaban J connectivity index is 1.51. The van der Waals surface area contributed by atoms with Crippen LogP contribution >= 0.6 is 11.3 Å². The summed E-state index contributed by atoms with van der Waals surface area (Å²) in [5, 5.41) is 13.4. The summed E-state index contributed by atoms with van der Waals surface area (Å²) < 4.78 is 0. The second-order valence-electron chi connectivity index (χ2n) is 7.14. The highest BCUT2D eigenvalue weighted by Gasteiger charge is 2.23. The van der Waals surface area contributed by atoms with Crippen LogP contribution in [0.25, 0.3) is 10.4 Å². The molecule has 28 heavy (non-hydrogen) atoms. The molecule has 146 valence electrons. The van der Waals surface area contributed by atoms with Crippen molar-refractivity contribution in [1.29, 1.82) is 0 Å². The maximum Gasteiger partial charge on any atom is 0.188 e. The molecule has 1 atom stereocenters. The first kappa shape index (κ1) is 19.0. The Morgan fingerprint density at radius 1 is 1.25 bits per heavy atom. The molecule has 1 aromatic carbocycles. The number of likely N-dealkylation sites (tertiary alicyclic amines) is 1. The maximum absolute atomic E-state index is 9.22. The van der Waals surface area contributed by atoms with Gasteiger partial charge >= 0.3 is 0 Å². The largest absolute Gasteiger partial charge is 0.395 e. The number of piperidine rings is 1. The highest BCUT2D eigenvalue weighted by Crippen LogP contribution is 2.31. The molecule has 7 heteroatoms. The van der Waals surface area contributed by atoms with Gasteiger partial charge in [-0.05, 0) is 31.9 Å². The maximum atomic E-state index is 9.22. The second-order valence-corrected chi connectivity index (χ2v) is 8.17. The van der Waals surface area contributed by atoms with E-state index in [9.17, 15) is 5.11 Å². The average Bonchev–Trinajstić information content (AvgIpc) is 3.17. The molecule has 0 saturated carbocycles. The summed E-state index contributed by atoms with van der Waals surface area (Å²) in [6.07, 6.45) is 4.09. The topological polar surface area (TPSA) is 74.2 Å². The van der Waals surface area contributed by atoms with Gasteiger partial charge in [-0.15, -0.1) is 0 Å². The molecule has 4 rings (SSSR count). The van der Waals surface area contributed by atoms with E-state index in [0.29, 0.717) is 5.92 Å². The Hall–Kier alpha value is -2.35. The minimum absolute atomic E-state index is 0.196. The molecule has 0 bridgehead atoms. The fraction of sp³-hybridized carbons (Fsp3) is 0.381. The molecule has 0 spiro atoms. The number of aromatic nitrogens is 3. The molecule has 0 aliphatic carbocycles. The first-order chi connectivity index (χ1) is 13.7. The first-order valence-electron chi connectivity index (χ1n) is 9.68. The van der Waals surface area contributed by atoms with Gasteiger partial charge in [-0.2, -0.15) is 0 Å². The van der Waals surface area contributed by atoms with Crippen molar-refractivity contribution in [1.82, 2.24) is 19.9 Å². The fourth-order valence-electron chi connectivity index (χ4n) is 3.63. The third-order valence-electron chi connectivity index (χ3n) is 4.96. The summed E-state index contributed by atoms with van der Waals surface area (Å²) in [5.41, 5.74) is 2.12. The molecule has 1 unspecified atom stereocenters. The lowest BCUT2D eigenvalue weighted by molar-refractivity contribution is 0.159. The van der Waals surface area contributed by atoms with Gasteiger partial charge in [-0.3, -0.25) is 0 Å². The Labute approximate surface area is 169 Å². The van der Waals surface area contributed by atoms with Crippen LogP contribution < -0.4 is 5.32 Å². The van der Waals surface area contributed by atoms with E-state index < -0.39 is 0 Å². The molecule has 3 heterocycles. The molecule has 1 saturated heterocycles. The minimum Gasteiger partial charge on any atom is -0.395 e. The number of hydrogen-bond acceptors (Lipinski definition) is 7. The SMILES string of the molecule is Cc1cc(Nc2ncc(-c3ccccc3)s2)nc(C2CCCN(CCO)C2)n1. The van der Waals surface area contributed by atoms with Gasteiger partial charge in [0.2, 0.25) is 0 Å². The normalized spacial score (nSPS) is 17.6. The van der Waals surface area contributed by atoms with Crippen molar-refractivity contribution in [3.63, 3.8) is 0 Å². The van der Waals surface area contributed by atoms with Crippen LogP contribution in [0.4, 0.5) is 10.9 Å². The third kappa shape index (κ3) is 4.55. The Bertz CT molecular complexity index is 912. The van der Waals surface area contributed by atoms with Crippen molar-refractivity contribution < 1.29 is 5.11 Å². The van der Waals surface area contributed by atoms with Crippen LogP contribution in [0.15, 0.2) is 42.6 Å². The van der Waals surface area contributed by atoms with Crippen LogP contribution in [-0.2, 0) is 0 Å². The van der Waals surface area contributed by atoms with E-state index in [0.717, 1.165) is 59.8 Å². The molecule has 6 nitrogen and oxygen atoms in total. The van der Waals surface area contributed by atoms with Gasteiger partial charge in [0.05, 0.1) is 11.5 Å². The van der Waals surface area contributed by atoms with Gasteiger partial charge in [0.15, 0.2) is 5.13 Å². The van der Waals surface area contributed by atoms with E-state index >= 15 is 0 Å². The van der Waals surface area contributed by atoms with Gasteiger partial charge in [0.1, 0.15) is 11.6 Å². The van der Waals surface area contributed by atoms with Crippen LogP contribution in [0, 0.1) is 6.92 Å². The Morgan fingerprint density at radius 2 is 2.11 bits per heavy atom. The lowest BCUT2D eigenvalue weighted by Gasteiger charge is -2.31. The molecule has 1 aliphatic heterocycles. The zero-order valence-corrected chi connectivity index (χ0v) is 16.8. The fourth-order valence-corrected chi connectivity index (χ4v) is 4.45. The summed E-state index contributed by atoms with van der Waals surface area (Å²) in [7, 11) is 0. The van der Waals surface area contributed by atoms with Crippen LogP contribution in [0.3, 0.4) is 0 Å². The number of thiazole rings is 1. The van der Waals surface area contributed by atoms with Crippen molar-refractivity contribution >= 4 is 22.3 Å². The number of nitrogens with one attached hydrogen (secondary N) is 1. The summed E-state index contributed by atoms with van der Waals surface area (Å²) >= 11 is 1.62. The minimum atomic E-state index is 0.196. The number of aliphatic hydroxyl groups excluding tert-OH is 1. The van der Waals surface area contributed by atoms with Gasteiger partial charge in [0, 0.05) is 37.0 Å². The monoisotopic (exact) mass is 395 g/mol. The molecule has 3 aromatic rings. The Kier molecular flexibility index (Phi) is 5.95. The molecule has 2 N–H and O–H groups in total. The summed E-state index contributed by atoms with van der Waals surface area (Å²) in [5.74, 6) is 1.97. The predicted molar refractivity (Wildman–Crippen MR) is 113 cm³/mol.